The van der Waals surface area contributed by atoms with Crippen molar-refractivity contribution < 1.29 is 5.11 Å². The van der Waals surface area contributed by atoms with E-state index in [2.05, 4.69) is 64.4 Å². The average molecular weight is 325 g/mol. The number of nitrogens with zero attached hydrogens (tertiary/aromatic N) is 2. The third-order valence-electron chi connectivity index (χ3n) is 4.75. The summed E-state index contributed by atoms with van der Waals surface area (Å²) in [5.41, 5.74) is 9.78. The molecule has 0 spiro atoms. The van der Waals surface area contributed by atoms with Gasteiger partial charge in [0.2, 0.25) is 0 Å². The van der Waals surface area contributed by atoms with Crippen molar-refractivity contribution in [3.05, 3.63) is 65.7 Å². The summed E-state index contributed by atoms with van der Waals surface area (Å²) in [6, 6.07) is 19.1. The molecule has 1 aliphatic heterocycles. The van der Waals surface area contributed by atoms with E-state index >= 15 is 0 Å². The second kappa shape index (κ2) is 8.29. The molecule has 3 rings (SSSR count). The summed E-state index contributed by atoms with van der Waals surface area (Å²) in [7, 11) is 0. The quantitative estimate of drug-likeness (QED) is 0.856. The van der Waals surface area contributed by atoms with E-state index in [0.717, 1.165) is 38.3 Å². The highest BCUT2D eigenvalue weighted by molar-refractivity contribution is 5.48. The van der Waals surface area contributed by atoms with Crippen molar-refractivity contribution in [3.63, 3.8) is 0 Å². The van der Waals surface area contributed by atoms with Crippen LogP contribution in [0, 0.1) is 0 Å². The molecule has 1 aliphatic rings. The minimum atomic E-state index is -0.0771. The van der Waals surface area contributed by atoms with Crippen molar-refractivity contribution in [2.24, 2.45) is 5.73 Å². The maximum atomic E-state index is 8.99. The second-order valence-electron chi connectivity index (χ2n) is 6.46. The van der Waals surface area contributed by atoms with Crippen LogP contribution < -0.4 is 10.6 Å². The summed E-state index contributed by atoms with van der Waals surface area (Å²) in [6.45, 7) is 5.43. The number of piperazine rings is 1. The Balaban J connectivity index is 1.53. The highest BCUT2D eigenvalue weighted by Crippen LogP contribution is 2.21. The Kier molecular flexibility index (Phi) is 5.86. The van der Waals surface area contributed by atoms with Gasteiger partial charge in [-0.1, -0.05) is 42.5 Å². The fraction of sp³-hybridized carbons (Fsp3) is 0.400. The number of rotatable bonds is 6. The zero-order valence-corrected chi connectivity index (χ0v) is 14.1. The zero-order valence-electron chi connectivity index (χ0n) is 14.1. The van der Waals surface area contributed by atoms with Gasteiger partial charge in [-0.3, -0.25) is 4.90 Å². The molecule has 1 unspecified atom stereocenters. The SMILES string of the molecule is NC(CCO)c1ccc(N2CCN(Cc3ccccc3)CC2)cc1. The number of hydrogen-bond acceptors (Lipinski definition) is 4. The van der Waals surface area contributed by atoms with Crippen LogP contribution in [0.1, 0.15) is 23.6 Å². The van der Waals surface area contributed by atoms with Gasteiger partial charge in [-0.15, -0.1) is 0 Å². The van der Waals surface area contributed by atoms with Crippen molar-refractivity contribution in [1.82, 2.24) is 4.90 Å². The van der Waals surface area contributed by atoms with Crippen molar-refractivity contribution in [1.29, 1.82) is 0 Å². The fourth-order valence-electron chi connectivity index (χ4n) is 3.24. The van der Waals surface area contributed by atoms with Crippen LogP contribution in [-0.4, -0.2) is 42.8 Å². The molecule has 24 heavy (non-hydrogen) atoms. The first kappa shape index (κ1) is 17.0. The molecule has 0 saturated carbocycles. The molecular weight excluding hydrogens is 298 g/mol. The van der Waals surface area contributed by atoms with Crippen LogP contribution in [-0.2, 0) is 6.54 Å². The van der Waals surface area contributed by atoms with Crippen LogP contribution in [0.2, 0.25) is 0 Å². The van der Waals surface area contributed by atoms with Gasteiger partial charge in [-0.2, -0.15) is 0 Å². The predicted octanol–water partition coefficient (Wildman–Crippen LogP) is 2.39. The number of anilines is 1. The highest BCUT2D eigenvalue weighted by atomic mass is 16.3. The topological polar surface area (TPSA) is 52.7 Å². The smallest absolute Gasteiger partial charge is 0.0449 e. The molecule has 4 heteroatoms. The Hall–Kier alpha value is -1.88. The molecule has 1 atom stereocenters. The summed E-state index contributed by atoms with van der Waals surface area (Å²) >= 11 is 0. The van der Waals surface area contributed by atoms with E-state index in [1.165, 1.54) is 11.3 Å². The van der Waals surface area contributed by atoms with Crippen molar-refractivity contribution in [3.8, 4) is 0 Å². The molecule has 0 aromatic heterocycles. The molecule has 128 valence electrons. The zero-order chi connectivity index (χ0) is 16.8. The second-order valence-corrected chi connectivity index (χ2v) is 6.46. The summed E-state index contributed by atoms with van der Waals surface area (Å²) in [4.78, 5) is 4.94. The van der Waals surface area contributed by atoms with Gasteiger partial charge in [-0.25, -0.2) is 0 Å². The Morgan fingerprint density at radius 1 is 0.917 bits per heavy atom. The first-order valence-electron chi connectivity index (χ1n) is 8.74. The average Bonchev–Trinajstić information content (AvgIpc) is 2.64. The number of hydrogen-bond donors (Lipinski definition) is 2. The molecule has 3 N–H and O–H groups in total. The van der Waals surface area contributed by atoms with Gasteiger partial charge in [0.15, 0.2) is 0 Å². The maximum absolute atomic E-state index is 8.99. The lowest BCUT2D eigenvalue weighted by atomic mass is 10.0. The molecule has 1 heterocycles. The van der Waals surface area contributed by atoms with E-state index in [1.54, 1.807) is 0 Å². The van der Waals surface area contributed by atoms with E-state index in [-0.39, 0.29) is 12.6 Å². The lowest BCUT2D eigenvalue weighted by Crippen LogP contribution is -2.45. The molecule has 0 aliphatic carbocycles. The Morgan fingerprint density at radius 2 is 1.58 bits per heavy atom. The Labute approximate surface area is 144 Å². The van der Waals surface area contributed by atoms with Crippen molar-refractivity contribution in [2.75, 3.05) is 37.7 Å². The molecule has 2 aromatic rings. The fourth-order valence-corrected chi connectivity index (χ4v) is 3.24. The minimum absolute atomic E-state index is 0.0771. The Morgan fingerprint density at radius 3 is 2.21 bits per heavy atom. The van der Waals surface area contributed by atoms with E-state index in [9.17, 15) is 0 Å². The maximum Gasteiger partial charge on any atom is 0.0449 e. The van der Waals surface area contributed by atoms with Crippen molar-refractivity contribution >= 4 is 5.69 Å². The summed E-state index contributed by atoms with van der Waals surface area (Å²) in [5.74, 6) is 0. The largest absolute Gasteiger partial charge is 0.396 e. The van der Waals surface area contributed by atoms with E-state index in [0.29, 0.717) is 6.42 Å². The van der Waals surface area contributed by atoms with Crippen LogP contribution >= 0.6 is 0 Å². The Bertz CT molecular complexity index is 607. The summed E-state index contributed by atoms with van der Waals surface area (Å²) < 4.78 is 0. The van der Waals surface area contributed by atoms with Gasteiger partial charge in [0.05, 0.1) is 0 Å². The summed E-state index contributed by atoms with van der Waals surface area (Å²) in [5, 5.41) is 8.99. The molecule has 4 nitrogen and oxygen atoms in total. The van der Waals surface area contributed by atoms with Gasteiger partial charge in [-0.05, 0) is 29.7 Å². The number of benzene rings is 2. The van der Waals surface area contributed by atoms with Crippen molar-refractivity contribution in [2.45, 2.75) is 19.0 Å². The number of aliphatic hydroxyl groups excluding tert-OH is 1. The molecule has 0 radical (unpaired) electrons. The molecule has 0 amide bonds. The van der Waals surface area contributed by atoms with Crippen LogP contribution in [0.5, 0.6) is 0 Å². The van der Waals surface area contributed by atoms with Gasteiger partial charge in [0, 0.05) is 51.1 Å². The lowest BCUT2D eigenvalue weighted by Gasteiger charge is -2.36. The molecule has 1 fully saturated rings. The van der Waals surface area contributed by atoms with Gasteiger partial charge < -0.3 is 15.7 Å². The van der Waals surface area contributed by atoms with Crippen LogP contribution in [0.25, 0.3) is 0 Å². The number of nitrogens with two attached hydrogens (primary N) is 1. The van der Waals surface area contributed by atoms with Crippen LogP contribution in [0.4, 0.5) is 5.69 Å². The first-order valence-corrected chi connectivity index (χ1v) is 8.74. The minimum Gasteiger partial charge on any atom is -0.396 e. The van der Waals surface area contributed by atoms with E-state index < -0.39 is 0 Å². The van der Waals surface area contributed by atoms with Crippen LogP contribution in [0.3, 0.4) is 0 Å². The third-order valence-corrected chi connectivity index (χ3v) is 4.75. The van der Waals surface area contributed by atoms with Gasteiger partial charge >= 0.3 is 0 Å². The lowest BCUT2D eigenvalue weighted by molar-refractivity contribution is 0.250. The third kappa shape index (κ3) is 4.35. The highest BCUT2D eigenvalue weighted by Gasteiger charge is 2.17. The standard InChI is InChI=1S/C20H27N3O/c21-20(10-15-24)18-6-8-19(9-7-18)23-13-11-22(12-14-23)16-17-4-2-1-3-5-17/h1-9,20,24H,10-16,21H2. The monoisotopic (exact) mass is 325 g/mol. The number of aliphatic hydroxyl groups is 1. The van der Waals surface area contributed by atoms with E-state index in [4.69, 9.17) is 10.8 Å². The van der Waals surface area contributed by atoms with E-state index in [1.807, 2.05) is 0 Å². The summed E-state index contributed by atoms with van der Waals surface area (Å²) in [6.07, 6.45) is 0.609. The van der Waals surface area contributed by atoms with Gasteiger partial charge in [0.1, 0.15) is 0 Å². The molecule has 1 saturated heterocycles. The molecule has 2 aromatic carbocycles. The van der Waals surface area contributed by atoms with Crippen LogP contribution in [0.15, 0.2) is 54.6 Å². The predicted molar refractivity (Wildman–Crippen MR) is 99.0 cm³/mol. The molecular formula is C20H27N3O. The van der Waals surface area contributed by atoms with Gasteiger partial charge in [0.25, 0.3) is 0 Å². The normalized spacial score (nSPS) is 17.0. The molecule has 0 bridgehead atoms. The first-order chi connectivity index (χ1) is 11.8.